The zero-order chi connectivity index (χ0) is 15.8. The lowest BCUT2D eigenvalue weighted by atomic mass is 9.90. The Morgan fingerprint density at radius 3 is 2.32 bits per heavy atom. The molecule has 1 saturated heterocycles. The van der Waals surface area contributed by atoms with Crippen LogP contribution in [-0.4, -0.2) is 35.9 Å². The highest BCUT2D eigenvalue weighted by atomic mass is 16.6. The number of aliphatic carboxylic acids is 1. The fourth-order valence-corrected chi connectivity index (χ4v) is 3.17. The van der Waals surface area contributed by atoms with E-state index in [0.717, 1.165) is 57.8 Å². The number of hydrogen-bond acceptors (Lipinski definition) is 4. The number of esters is 1. The average Bonchev–Trinajstić information content (AvgIpc) is 3.26. The monoisotopic (exact) mass is 312 g/mol. The third-order valence-electron chi connectivity index (χ3n) is 4.61. The smallest absolute Gasteiger partial charge is 0.305 e. The predicted molar refractivity (Wildman–Crippen MR) is 81.5 cm³/mol. The molecule has 2 rings (SSSR count). The van der Waals surface area contributed by atoms with Crippen molar-refractivity contribution in [3.63, 3.8) is 0 Å². The van der Waals surface area contributed by atoms with Crippen molar-refractivity contribution in [2.24, 2.45) is 5.92 Å². The van der Waals surface area contributed by atoms with Gasteiger partial charge in [0.1, 0.15) is 0 Å². The molecule has 0 bridgehead atoms. The number of carbonyl (C=O) groups is 2. The van der Waals surface area contributed by atoms with Gasteiger partial charge < -0.3 is 14.6 Å². The molecule has 5 heteroatoms. The molecule has 22 heavy (non-hydrogen) atoms. The number of unbranched alkanes of at least 4 members (excludes halogenated alkanes) is 5. The molecule has 1 N–H and O–H groups in total. The van der Waals surface area contributed by atoms with Crippen molar-refractivity contribution in [1.29, 1.82) is 0 Å². The number of fused-ring (bicyclic) bond motifs is 1. The highest BCUT2D eigenvalue weighted by Crippen LogP contribution is 2.39. The molecule has 1 aliphatic carbocycles. The van der Waals surface area contributed by atoms with Gasteiger partial charge in [0, 0.05) is 12.8 Å². The van der Waals surface area contributed by atoms with E-state index in [-0.39, 0.29) is 12.4 Å². The largest absolute Gasteiger partial charge is 0.481 e. The minimum absolute atomic E-state index is 0.0790. The Morgan fingerprint density at radius 1 is 0.955 bits per heavy atom. The number of rotatable bonds is 11. The second kappa shape index (κ2) is 9.13. The van der Waals surface area contributed by atoms with E-state index < -0.39 is 5.97 Å². The molecule has 2 fully saturated rings. The van der Waals surface area contributed by atoms with E-state index in [2.05, 4.69) is 0 Å². The van der Waals surface area contributed by atoms with Crippen LogP contribution in [-0.2, 0) is 19.1 Å². The summed E-state index contributed by atoms with van der Waals surface area (Å²) in [7, 11) is 0. The molecule has 0 amide bonds. The minimum Gasteiger partial charge on any atom is -0.481 e. The van der Waals surface area contributed by atoms with Crippen LogP contribution in [0.25, 0.3) is 0 Å². The molecular weight excluding hydrogens is 284 g/mol. The van der Waals surface area contributed by atoms with E-state index in [1.54, 1.807) is 0 Å². The lowest BCUT2D eigenvalue weighted by Crippen LogP contribution is -2.20. The van der Waals surface area contributed by atoms with Gasteiger partial charge in [-0.3, -0.25) is 9.59 Å². The van der Waals surface area contributed by atoms with Crippen molar-refractivity contribution in [3.05, 3.63) is 0 Å². The highest BCUT2D eigenvalue weighted by molar-refractivity contribution is 5.69. The summed E-state index contributed by atoms with van der Waals surface area (Å²) in [4.78, 5) is 22.0. The van der Waals surface area contributed by atoms with Gasteiger partial charge in [0.15, 0.2) is 0 Å². The van der Waals surface area contributed by atoms with Crippen LogP contribution < -0.4 is 0 Å². The van der Waals surface area contributed by atoms with Gasteiger partial charge in [-0.2, -0.15) is 0 Å². The minimum atomic E-state index is -0.718. The van der Waals surface area contributed by atoms with E-state index >= 15 is 0 Å². The molecule has 0 spiro atoms. The first-order valence-corrected chi connectivity index (χ1v) is 8.68. The molecule has 5 nitrogen and oxygen atoms in total. The topological polar surface area (TPSA) is 76.1 Å². The molecule has 1 heterocycles. The Hall–Kier alpha value is -1.10. The summed E-state index contributed by atoms with van der Waals surface area (Å²) in [5.41, 5.74) is 0. The fraction of sp³-hybridized carbons (Fsp3) is 0.882. The summed E-state index contributed by atoms with van der Waals surface area (Å²) >= 11 is 0. The van der Waals surface area contributed by atoms with E-state index in [9.17, 15) is 9.59 Å². The maximum absolute atomic E-state index is 11.7. The molecule has 0 aromatic rings. The summed E-state index contributed by atoms with van der Waals surface area (Å²) < 4.78 is 10.8. The van der Waals surface area contributed by atoms with Gasteiger partial charge in [-0.1, -0.05) is 25.7 Å². The second-order valence-corrected chi connectivity index (χ2v) is 6.59. The molecule has 1 aliphatic heterocycles. The molecule has 2 aliphatic rings. The van der Waals surface area contributed by atoms with Crippen LogP contribution in [0.15, 0.2) is 0 Å². The van der Waals surface area contributed by atoms with Gasteiger partial charge in [-0.05, 0) is 38.0 Å². The first kappa shape index (κ1) is 17.3. The van der Waals surface area contributed by atoms with Gasteiger partial charge in [0.2, 0.25) is 0 Å². The molecule has 3 atom stereocenters. The van der Waals surface area contributed by atoms with E-state index in [4.69, 9.17) is 14.6 Å². The van der Waals surface area contributed by atoms with Crippen molar-refractivity contribution in [2.45, 2.75) is 82.8 Å². The molecule has 126 valence electrons. The normalized spacial score (nSPS) is 26.3. The van der Waals surface area contributed by atoms with Crippen LogP contribution in [0.2, 0.25) is 0 Å². The zero-order valence-corrected chi connectivity index (χ0v) is 13.3. The number of ether oxygens (including phenoxy) is 2. The number of epoxide rings is 1. The van der Waals surface area contributed by atoms with Gasteiger partial charge in [0.05, 0.1) is 18.8 Å². The van der Waals surface area contributed by atoms with E-state index in [1.807, 2.05) is 0 Å². The lowest BCUT2D eigenvalue weighted by Gasteiger charge is -2.18. The molecular formula is C17H28O5. The number of carboxylic acid groups (broad SMARTS) is 1. The summed E-state index contributed by atoms with van der Waals surface area (Å²) in [5, 5.41) is 8.52. The van der Waals surface area contributed by atoms with Crippen LogP contribution in [0.4, 0.5) is 0 Å². The Labute approximate surface area is 132 Å². The Balaban J connectivity index is 1.37. The lowest BCUT2D eigenvalue weighted by molar-refractivity contribution is -0.145. The van der Waals surface area contributed by atoms with Crippen LogP contribution in [0.5, 0.6) is 0 Å². The number of hydrogen-bond donors (Lipinski definition) is 1. The fourth-order valence-electron chi connectivity index (χ4n) is 3.17. The first-order chi connectivity index (χ1) is 10.6. The van der Waals surface area contributed by atoms with Crippen LogP contribution in [0.3, 0.4) is 0 Å². The van der Waals surface area contributed by atoms with Gasteiger partial charge >= 0.3 is 11.9 Å². The highest BCUT2D eigenvalue weighted by Gasteiger charge is 2.43. The van der Waals surface area contributed by atoms with Gasteiger partial charge in [-0.15, -0.1) is 0 Å². The zero-order valence-electron chi connectivity index (χ0n) is 13.3. The van der Waals surface area contributed by atoms with Gasteiger partial charge in [0.25, 0.3) is 0 Å². The second-order valence-electron chi connectivity index (χ2n) is 6.59. The average molecular weight is 312 g/mol. The summed E-state index contributed by atoms with van der Waals surface area (Å²) in [6.07, 6.45) is 10.7. The number of carboxylic acids is 1. The molecule has 0 radical (unpaired) electrons. The maximum Gasteiger partial charge on any atom is 0.305 e. The standard InChI is InChI=1S/C17H28O5/c18-16(19)7-5-3-1-2-4-6-8-17(20)21-12-13-9-10-14-15(11-13)22-14/h13-15H,1-12H2,(H,18,19). The molecule has 0 aromatic carbocycles. The first-order valence-electron chi connectivity index (χ1n) is 8.68. The summed E-state index contributed by atoms with van der Waals surface area (Å²) in [5.74, 6) is -0.309. The summed E-state index contributed by atoms with van der Waals surface area (Å²) in [6, 6.07) is 0. The van der Waals surface area contributed by atoms with Crippen LogP contribution >= 0.6 is 0 Å². The van der Waals surface area contributed by atoms with Crippen LogP contribution in [0.1, 0.15) is 70.6 Å². The Kier molecular flexibility index (Phi) is 7.16. The predicted octanol–water partition coefficient (Wildman–Crippen LogP) is 3.30. The van der Waals surface area contributed by atoms with Crippen molar-refractivity contribution in [1.82, 2.24) is 0 Å². The van der Waals surface area contributed by atoms with Crippen molar-refractivity contribution < 1.29 is 24.2 Å². The van der Waals surface area contributed by atoms with Gasteiger partial charge in [-0.25, -0.2) is 0 Å². The third kappa shape index (κ3) is 6.77. The molecule has 1 saturated carbocycles. The van der Waals surface area contributed by atoms with E-state index in [0.29, 0.717) is 31.2 Å². The van der Waals surface area contributed by atoms with Crippen molar-refractivity contribution >= 4 is 11.9 Å². The van der Waals surface area contributed by atoms with Crippen molar-refractivity contribution in [3.8, 4) is 0 Å². The van der Waals surface area contributed by atoms with Crippen LogP contribution in [0, 0.1) is 5.92 Å². The van der Waals surface area contributed by atoms with Crippen molar-refractivity contribution in [2.75, 3.05) is 6.61 Å². The molecule has 3 unspecified atom stereocenters. The third-order valence-corrected chi connectivity index (χ3v) is 4.61. The SMILES string of the molecule is O=C(O)CCCCCCCCC(=O)OCC1CCC2OC2C1. The Bertz CT molecular complexity index is 368. The van der Waals surface area contributed by atoms with E-state index in [1.165, 1.54) is 0 Å². The Morgan fingerprint density at radius 2 is 1.64 bits per heavy atom. The molecule has 0 aromatic heterocycles. The number of carbonyl (C=O) groups excluding carboxylic acids is 1. The summed E-state index contributed by atoms with van der Waals surface area (Å²) in [6.45, 7) is 0.556. The quantitative estimate of drug-likeness (QED) is 0.360. The maximum atomic E-state index is 11.7.